The molecule has 1 amide bonds. The molecule has 0 aliphatic heterocycles. The van der Waals surface area contributed by atoms with E-state index in [-0.39, 0.29) is 23.7 Å². The highest BCUT2D eigenvalue weighted by Gasteiger charge is 2.22. The number of para-hydroxylation sites is 1. The Morgan fingerprint density at radius 1 is 1.33 bits per heavy atom. The lowest BCUT2D eigenvalue weighted by molar-refractivity contribution is 0.0692. The summed E-state index contributed by atoms with van der Waals surface area (Å²) in [6, 6.07) is 8.32. The first-order valence-corrected chi connectivity index (χ1v) is 7.80. The number of aromatic carboxylic acids is 1. The minimum Gasteiger partial charge on any atom is -0.490 e. The van der Waals surface area contributed by atoms with Crippen molar-refractivity contribution >= 4 is 23.5 Å². The van der Waals surface area contributed by atoms with Crippen LogP contribution in [-0.2, 0) is 6.42 Å². The molecule has 6 nitrogen and oxygen atoms in total. The molecule has 0 spiro atoms. The highest BCUT2D eigenvalue weighted by Crippen LogP contribution is 2.23. The van der Waals surface area contributed by atoms with Crippen LogP contribution >= 0.6 is 11.6 Å². The minimum absolute atomic E-state index is 0.00416. The number of rotatable bonds is 7. The van der Waals surface area contributed by atoms with Crippen LogP contribution in [0.3, 0.4) is 0 Å². The molecule has 24 heavy (non-hydrogen) atoms. The molecule has 2 aromatic rings. The molecule has 1 aromatic heterocycles. The Balaban J connectivity index is 1.97. The molecule has 0 saturated heterocycles. The third-order valence-corrected chi connectivity index (χ3v) is 3.75. The fourth-order valence-electron chi connectivity index (χ4n) is 2.12. The minimum atomic E-state index is -1.11. The van der Waals surface area contributed by atoms with E-state index in [1.807, 2.05) is 0 Å². The van der Waals surface area contributed by atoms with Crippen molar-refractivity contribution in [3.63, 3.8) is 0 Å². The largest absolute Gasteiger partial charge is 0.490 e. The van der Waals surface area contributed by atoms with Crippen molar-refractivity contribution in [1.29, 1.82) is 0 Å². The predicted octanol–water partition coefficient (Wildman–Crippen LogP) is 3.34. The van der Waals surface area contributed by atoms with Gasteiger partial charge >= 0.3 is 5.97 Å². The van der Waals surface area contributed by atoms with Gasteiger partial charge in [0.2, 0.25) is 0 Å². The summed E-state index contributed by atoms with van der Waals surface area (Å²) in [6.07, 6.45) is 0.397. The van der Waals surface area contributed by atoms with Gasteiger partial charge in [0, 0.05) is 19.5 Å². The van der Waals surface area contributed by atoms with Gasteiger partial charge in [-0.15, -0.1) is 0 Å². The second-order valence-electron chi connectivity index (χ2n) is 5.11. The summed E-state index contributed by atoms with van der Waals surface area (Å²) in [5, 5.41) is 9.60. The van der Waals surface area contributed by atoms with Gasteiger partial charge in [-0.25, -0.2) is 4.79 Å². The lowest BCUT2D eigenvalue weighted by Crippen LogP contribution is -2.30. The molecule has 128 valence electrons. The third kappa shape index (κ3) is 4.08. The summed E-state index contributed by atoms with van der Waals surface area (Å²) in [5.41, 5.74) is 0.0153. The van der Waals surface area contributed by atoms with Gasteiger partial charge in [-0.1, -0.05) is 30.7 Å². The molecule has 1 N–H and O–H groups in total. The first-order valence-electron chi connectivity index (χ1n) is 7.42. The molecule has 2 rings (SSSR count). The standard InChI is InChI=1S/C17H18ClNO5/c1-3-13-11(17(21)22)10-15(24-13)16(20)19(2)8-9-23-14-7-5-4-6-12(14)18/h4-7,10H,3,8-9H2,1-2H3,(H,21,22). The number of hydrogen-bond acceptors (Lipinski definition) is 4. The maximum absolute atomic E-state index is 12.3. The monoisotopic (exact) mass is 351 g/mol. The Labute approximate surface area is 144 Å². The van der Waals surface area contributed by atoms with Crippen molar-refractivity contribution in [2.75, 3.05) is 20.2 Å². The normalized spacial score (nSPS) is 10.5. The van der Waals surface area contributed by atoms with Crippen LogP contribution in [0.1, 0.15) is 33.6 Å². The lowest BCUT2D eigenvalue weighted by Gasteiger charge is -2.16. The van der Waals surface area contributed by atoms with Gasteiger partial charge in [0.1, 0.15) is 23.7 Å². The molecule has 1 aromatic carbocycles. The molecule has 0 radical (unpaired) electrons. The Hall–Kier alpha value is -2.47. The molecule has 0 aliphatic carbocycles. The van der Waals surface area contributed by atoms with Gasteiger partial charge in [-0.3, -0.25) is 4.79 Å². The summed E-state index contributed by atoms with van der Waals surface area (Å²) >= 11 is 5.99. The predicted molar refractivity (Wildman–Crippen MR) is 89.0 cm³/mol. The molecule has 0 unspecified atom stereocenters. The number of carbonyl (C=O) groups is 2. The van der Waals surface area contributed by atoms with E-state index in [2.05, 4.69) is 0 Å². The van der Waals surface area contributed by atoms with Gasteiger partial charge in [0.25, 0.3) is 5.91 Å². The highest BCUT2D eigenvalue weighted by atomic mass is 35.5. The van der Waals surface area contributed by atoms with E-state index in [9.17, 15) is 9.59 Å². The van der Waals surface area contributed by atoms with Crippen LogP contribution in [-0.4, -0.2) is 42.1 Å². The zero-order valence-electron chi connectivity index (χ0n) is 13.4. The van der Waals surface area contributed by atoms with Crippen LogP contribution in [0.25, 0.3) is 0 Å². The van der Waals surface area contributed by atoms with E-state index in [0.29, 0.717) is 23.7 Å². The second kappa shape index (κ2) is 7.88. The number of halogens is 1. The average Bonchev–Trinajstić information content (AvgIpc) is 3.00. The summed E-state index contributed by atoms with van der Waals surface area (Å²) in [7, 11) is 1.59. The number of carboxylic acid groups (broad SMARTS) is 1. The number of benzene rings is 1. The first-order chi connectivity index (χ1) is 11.4. The van der Waals surface area contributed by atoms with Crippen molar-refractivity contribution in [3.05, 3.63) is 52.4 Å². The molecule has 0 bridgehead atoms. The lowest BCUT2D eigenvalue weighted by atomic mass is 10.2. The fraction of sp³-hybridized carbons (Fsp3) is 0.294. The molecule has 0 atom stereocenters. The summed E-state index contributed by atoms with van der Waals surface area (Å²) in [4.78, 5) is 24.8. The maximum atomic E-state index is 12.3. The first kappa shape index (κ1) is 17.9. The number of likely N-dealkylation sites (N-methyl/N-ethyl adjacent to an activating group) is 1. The molecule has 0 aliphatic rings. The van der Waals surface area contributed by atoms with E-state index in [0.717, 1.165) is 0 Å². The quantitative estimate of drug-likeness (QED) is 0.827. The van der Waals surface area contributed by atoms with Crippen molar-refractivity contribution < 1.29 is 23.8 Å². The van der Waals surface area contributed by atoms with Gasteiger partial charge in [0.15, 0.2) is 5.76 Å². The molecular weight excluding hydrogens is 334 g/mol. The topological polar surface area (TPSA) is 80.0 Å². The number of amides is 1. The zero-order chi connectivity index (χ0) is 17.7. The van der Waals surface area contributed by atoms with Crippen LogP contribution in [0.15, 0.2) is 34.7 Å². The SMILES string of the molecule is CCc1oc(C(=O)N(C)CCOc2ccccc2Cl)cc1C(=O)O. The van der Waals surface area contributed by atoms with E-state index in [1.54, 1.807) is 38.2 Å². The van der Waals surface area contributed by atoms with E-state index < -0.39 is 11.9 Å². The van der Waals surface area contributed by atoms with Crippen molar-refractivity contribution in [2.24, 2.45) is 0 Å². The average molecular weight is 352 g/mol. The van der Waals surface area contributed by atoms with Crippen LogP contribution in [0.2, 0.25) is 5.02 Å². The fourth-order valence-corrected chi connectivity index (χ4v) is 2.31. The van der Waals surface area contributed by atoms with Gasteiger partial charge < -0.3 is 19.2 Å². The smallest absolute Gasteiger partial charge is 0.339 e. The summed E-state index contributed by atoms with van der Waals surface area (Å²) in [5.74, 6) is -0.685. The summed E-state index contributed by atoms with van der Waals surface area (Å²) in [6.45, 7) is 2.31. The zero-order valence-corrected chi connectivity index (χ0v) is 14.2. The van der Waals surface area contributed by atoms with Crippen LogP contribution in [0, 0.1) is 0 Å². The van der Waals surface area contributed by atoms with Crippen LogP contribution in [0.5, 0.6) is 5.75 Å². The Morgan fingerprint density at radius 2 is 2.04 bits per heavy atom. The Kier molecular flexibility index (Phi) is 5.87. The Bertz CT molecular complexity index is 740. The van der Waals surface area contributed by atoms with E-state index in [1.165, 1.54) is 11.0 Å². The second-order valence-corrected chi connectivity index (χ2v) is 5.52. The van der Waals surface area contributed by atoms with Crippen molar-refractivity contribution in [3.8, 4) is 5.75 Å². The van der Waals surface area contributed by atoms with Crippen LogP contribution in [0.4, 0.5) is 0 Å². The number of carboxylic acids is 1. The van der Waals surface area contributed by atoms with E-state index in [4.69, 9.17) is 25.9 Å². The number of nitrogens with zero attached hydrogens (tertiary/aromatic N) is 1. The number of hydrogen-bond donors (Lipinski definition) is 1. The molecule has 1 heterocycles. The number of furan rings is 1. The summed E-state index contributed by atoms with van der Waals surface area (Å²) < 4.78 is 10.9. The third-order valence-electron chi connectivity index (χ3n) is 3.44. The number of carbonyl (C=O) groups excluding carboxylic acids is 1. The maximum Gasteiger partial charge on any atom is 0.339 e. The van der Waals surface area contributed by atoms with Crippen LogP contribution < -0.4 is 4.74 Å². The number of ether oxygens (including phenoxy) is 1. The van der Waals surface area contributed by atoms with Gasteiger partial charge in [-0.2, -0.15) is 0 Å². The van der Waals surface area contributed by atoms with Gasteiger partial charge in [0.05, 0.1) is 11.6 Å². The molecule has 7 heteroatoms. The van der Waals surface area contributed by atoms with Gasteiger partial charge in [-0.05, 0) is 12.1 Å². The molecule has 0 fully saturated rings. The van der Waals surface area contributed by atoms with Crippen molar-refractivity contribution in [1.82, 2.24) is 4.90 Å². The molecule has 0 saturated carbocycles. The highest BCUT2D eigenvalue weighted by molar-refractivity contribution is 6.32. The Morgan fingerprint density at radius 3 is 2.62 bits per heavy atom. The molecular formula is C17H18ClNO5. The number of aryl methyl sites for hydroxylation is 1. The van der Waals surface area contributed by atoms with Crippen molar-refractivity contribution in [2.45, 2.75) is 13.3 Å². The van der Waals surface area contributed by atoms with E-state index >= 15 is 0 Å².